The van der Waals surface area contributed by atoms with Crippen LogP contribution in [-0.4, -0.2) is 7.11 Å². The van der Waals surface area contributed by atoms with E-state index in [1.807, 2.05) is 0 Å². The van der Waals surface area contributed by atoms with E-state index in [0.29, 0.717) is 0 Å². The molecule has 0 saturated carbocycles. The Hall–Kier alpha value is -0.840. The molecule has 0 unspecified atom stereocenters. The lowest BCUT2D eigenvalue weighted by Crippen LogP contribution is -1.97. The van der Waals surface area contributed by atoms with Crippen molar-refractivity contribution < 1.29 is 13.5 Å². The van der Waals surface area contributed by atoms with Gasteiger partial charge in [0.1, 0.15) is 4.47 Å². The molecular weight excluding hydrogens is 232 g/mol. The van der Waals surface area contributed by atoms with E-state index in [1.54, 1.807) is 0 Å². The molecule has 66 valence electrons. The number of hydrogen-bond donors (Lipinski definition) is 1. The Balaban J connectivity index is 3.40. The van der Waals surface area contributed by atoms with Crippen molar-refractivity contribution in [2.24, 2.45) is 0 Å². The Bertz CT molecular complexity index is 317. The van der Waals surface area contributed by atoms with Gasteiger partial charge in [-0.25, -0.2) is 8.78 Å². The number of rotatable bonds is 1. The lowest BCUT2D eigenvalue weighted by molar-refractivity contribution is 0.379. The summed E-state index contributed by atoms with van der Waals surface area (Å²) in [6.45, 7) is 0. The molecule has 0 aromatic heterocycles. The van der Waals surface area contributed by atoms with Crippen LogP contribution in [0.1, 0.15) is 0 Å². The Morgan fingerprint density at radius 3 is 2.58 bits per heavy atom. The highest BCUT2D eigenvalue weighted by atomic mass is 79.9. The largest absolute Gasteiger partial charge is 0.492 e. The van der Waals surface area contributed by atoms with Crippen LogP contribution in [0.3, 0.4) is 0 Å². The van der Waals surface area contributed by atoms with Gasteiger partial charge in [0.15, 0.2) is 17.4 Å². The second-order valence-corrected chi connectivity index (χ2v) is 2.90. The standard InChI is InChI=1S/C7H6BrF2NO/c1-12-7-3(9)2-4(11)6(10)5(7)8/h2H,11H2,1H3. The molecule has 1 aromatic carbocycles. The summed E-state index contributed by atoms with van der Waals surface area (Å²) in [7, 11) is 1.25. The molecule has 5 heteroatoms. The zero-order chi connectivity index (χ0) is 9.30. The topological polar surface area (TPSA) is 35.2 Å². The molecule has 1 aromatic rings. The van der Waals surface area contributed by atoms with Crippen LogP contribution in [0, 0.1) is 11.6 Å². The maximum atomic E-state index is 12.9. The Morgan fingerprint density at radius 1 is 1.50 bits per heavy atom. The summed E-state index contributed by atoms with van der Waals surface area (Å²) < 4.78 is 30.3. The normalized spacial score (nSPS) is 10.0. The molecule has 0 amide bonds. The van der Waals surface area contributed by atoms with Gasteiger partial charge in [0.25, 0.3) is 0 Å². The monoisotopic (exact) mass is 237 g/mol. The molecule has 2 N–H and O–H groups in total. The fourth-order valence-corrected chi connectivity index (χ4v) is 1.36. The van der Waals surface area contributed by atoms with Crippen LogP contribution in [0.5, 0.6) is 5.75 Å². The van der Waals surface area contributed by atoms with Gasteiger partial charge in [-0.05, 0) is 15.9 Å². The molecule has 0 bridgehead atoms. The quantitative estimate of drug-likeness (QED) is 0.601. The van der Waals surface area contributed by atoms with Crippen LogP contribution in [0.4, 0.5) is 14.5 Å². The van der Waals surface area contributed by atoms with Crippen molar-refractivity contribution in [1.29, 1.82) is 0 Å². The predicted molar refractivity (Wildman–Crippen MR) is 45.0 cm³/mol. The van der Waals surface area contributed by atoms with E-state index in [0.717, 1.165) is 6.07 Å². The lowest BCUT2D eigenvalue weighted by atomic mass is 10.3. The van der Waals surface area contributed by atoms with Crippen LogP contribution >= 0.6 is 15.9 Å². The fourth-order valence-electron chi connectivity index (χ4n) is 0.784. The van der Waals surface area contributed by atoms with Gasteiger partial charge in [-0.1, -0.05) is 0 Å². The molecule has 0 atom stereocenters. The first-order valence-electron chi connectivity index (χ1n) is 3.05. The average Bonchev–Trinajstić information content (AvgIpc) is 2.01. The van der Waals surface area contributed by atoms with Gasteiger partial charge >= 0.3 is 0 Å². The highest BCUT2D eigenvalue weighted by Crippen LogP contribution is 2.33. The van der Waals surface area contributed by atoms with E-state index in [2.05, 4.69) is 20.7 Å². The van der Waals surface area contributed by atoms with Gasteiger partial charge in [-0.15, -0.1) is 0 Å². The molecule has 0 radical (unpaired) electrons. The number of nitrogen functional groups attached to an aromatic ring is 1. The van der Waals surface area contributed by atoms with Crippen LogP contribution < -0.4 is 10.5 Å². The Kier molecular flexibility index (Phi) is 2.52. The molecule has 12 heavy (non-hydrogen) atoms. The van der Waals surface area contributed by atoms with Crippen molar-refractivity contribution in [3.8, 4) is 5.75 Å². The molecule has 0 heterocycles. The maximum absolute atomic E-state index is 12.9. The zero-order valence-corrected chi connectivity index (χ0v) is 7.78. The van der Waals surface area contributed by atoms with Crippen LogP contribution in [0.25, 0.3) is 0 Å². The minimum Gasteiger partial charge on any atom is -0.492 e. The number of hydrogen-bond acceptors (Lipinski definition) is 2. The second kappa shape index (κ2) is 3.26. The summed E-state index contributed by atoms with van der Waals surface area (Å²) in [6.07, 6.45) is 0. The summed E-state index contributed by atoms with van der Waals surface area (Å²) in [5.41, 5.74) is 4.89. The molecule has 0 fully saturated rings. The number of nitrogens with two attached hydrogens (primary N) is 1. The highest BCUT2D eigenvalue weighted by molar-refractivity contribution is 9.10. The third-order valence-corrected chi connectivity index (χ3v) is 2.06. The highest BCUT2D eigenvalue weighted by Gasteiger charge is 2.15. The van der Waals surface area contributed by atoms with E-state index in [1.165, 1.54) is 7.11 Å². The number of ether oxygens (including phenoxy) is 1. The number of methoxy groups -OCH3 is 1. The number of halogens is 3. The molecule has 0 aliphatic heterocycles. The summed E-state index contributed by atoms with van der Waals surface area (Å²) in [5.74, 6) is -1.58. The smallest absolute Gasteiger partial charge is 0.171 e. The minimum atomic E-state index is -0.715. The maximum Gasteiger partial charge on any atom is 0.171 e. The SMILES string of the molecule is COc1c(F)cc(N)c(F)c1Br. The third kappa shape index (κ3) is 1.36. The van der Waals surface area contributed by atoms with Gasteiger partial charge in [-0.2, -0.15) is 0 Å². The predicted octanol–water partition coefficient (Wildman–Crippen LogP) is 2.32. The Morgan fingerprint density at radius 2 is 2.08 bits per heavy atom. The van der Waals surface area contributed by atoms with Crippen LogP contribution in [0.15, 0.2) is 10.5 Å². The molecular formula is C7H6BrF2NO. The van der Waals surface area contributed by atoms with Gasteiger partial charge in [0.2, 0.25) is 0 Å². The van der Waals surface area contributed by atoms with Gasteiger partial charge < -0.3 is 10.5 Å². The van der Waals surface area contributed by atoms with Crippen LogP contribution in [-0.2, 0) is 0 Å². The van der Waals surface area contributed by atoms with Crippen molar-refractivity contribution in [2.45, 2.75) is 0 Å². The van der Waals surface area contributed by atoms with Crippen molar-refractivity contribution in [3.63, 3.8) is 0 Å². The zero-order valence-electron chi connectivity index (χ0n) is 6.20. The number of benzene rings is 1. The molecule has 0 aliphatic carbocycles. The van der Waals surface area contributed by atoms with Gasteiger partial charge in [0.05, 0.1) is 12.8 Å². The van der Waals surface area contributed by atoms with E-state index in [-0.39, 0.29) is 15.9 Å². The van der Waals surface area contributed by atoms with Crippen molar-refractivity contribution in [2.75, 3.05) is 12.8 Å². The molecule has 0 saturated heterocycles. The van der Waals surface area contributed by atoms with Crippen LogP contribution in [0.2, 0.25) is 0 Å². The third-order valence-electron chi connectivity index (χ3n) is 1.35. The van der Waals surface area contributed by atoms with E-state index in [4.69, 9.17) is 5.73 Å². The average molecular weight is 238 g/mol. The van der Waals surface area contributed by atoms with E-state index >= 15 is 0 Å². The first-order valence-corrected chi connectivity index (χ1v) is 3.84. The first kappa shape index (κ1) is 9.25. The molecule has 2 nitrogen and oxygen atoms in total. The summed E-state index contributed by atoms with van der Waals surface area (Å²) in [6, 6.07) is 0.874. The second-order valence-electron chi connectivity index (χ2n) is 2.11. The molecule has 0 aliphatic rings. The van der Waals surface area contributed by atoms with Gasteiger partial charge in [0, 0.05) is 6.07 Å². The Labute approximate surface area is 76.4 Å². The lowest BCUT2D eigenvalue weighted by Gasteiger charge is -2.06. The number of anilines is 1. The van der Waals surface area contributed by atoms with E-state index in [9.17, 15) is 8.78 Å². The summed E-state index contributed by atoms with van der Waals surface area (Å²) in [5, 5.41) is 0. The van der Waals surface area contributed by atoms with Crippen molar-refractivity contribution in [3.05, 3.63) is 22.2 Å². The van der Waals surface area contributed by atoms with E-state index < -0.39 is 11.6 Å². The van der Waals surface area contributed by atoms with Crippen molar-refractivity contribution >= 4 is 21.6 Å². The molecule has 0 spiro atoms. The summed E-state index contributed by atoms with van der Waals surface area (Å²) >= 11 is 2.82. The first-order chi connectivity index (χ1) is 5.57. The minimum absolute atomic E-state index is 0.0949. The fraction of sp³-hybridized carbons (Fsp3) is 0.143. The van der Waals surface area contributed by atoms with Gasteiger partial charge in [-0.3, -0.25) is 0 Å². The summed E-state index contributed by atoms with van der Waals surface area (Å²) in [4.78, 5) is 0. The van der Waals surface area contributed by atoms with Crippen molar-refractivity contribution in [1.82, 2.24) is 0 Å². The molecule has 1 rings (SSSR count).